The van der Waals surface area contributed by atoms with Crippen molar-refractivity contribution in [1.82, 2.24) is 0 Å². The molecule has 3 aromatic carbocycles. The minimum atomic E-state index is -4.60. The Morgan fingerprint density at radius 3 is 2.46 bits per heavy atom. The fraction of sp³-hybridized carbons (Fsp3) is 0.0556. The fourth-order valence-electron chi connectivity index (χ4n) is 2.88. The highest BCUT2D eigenvalue weighted by atomic mass is 32.2. The summed E-state index contributed by atoms with van der Waals surface area (Å²) in [5, 5.41) is 23.6. The minimum absolute atomic E-state index is 0.121. The van der Waals surface area contributed by atoms with E-state index in [1.807, 2.05) is 0 Å². The van der Waals surface area contributed by atoms with Crippen LogP contribution in [0.3, 0.4) is 0 Å². The van der Waals surface area contributed by atoms with E-state index in [4.69, 9.17) is 0 Å². The first-order chi connectivity index (χ1) is 13.1. The lowest BCUT2D eigenvalue weighted by Gasteiger charge is -2.12. The number of hydrogen-bond acceptors (Lipinski definition) is 6. The van der Waals surface area contributed by atoms with Gasteiger partial charge in [-0.05, 0) is 37.3 Å². The number of nitro groups is 1. The molecule has 0 fully saturated rings. The molecule has 0 unspecified atom stereocenters. The van der Waals surface area contributed by atoms with Crippen LogP contribution in [0, 0.1) is 17.0 Å². The number of aryl methyl sites for hydroxylation is 1. The molecule has 0 bridgehead atoms. The maximum absolute atomic E-state index is 12.5. The lowest BCUT2D eigenvalue weighted by Crippen LogP contribution is -2.13. The van der Waals surface area contributed by atoms with Crippen LogP contribution in [0.2, 0.25) is 0 Å². The number of phenolic OH excluding ortho intramolecular Hbond substituents is 1. The molecule has 9 nitrogen and oxygen atoms in total. The lowest BCUT2D eigenvalue weighted by atomic mass is 10.1. The Bertz CT molecular complexity index is 1240. The molecule has 0 saturated heterocycles. The third kappa shape index (κ3) is 3.50. The molecule has 0 radical (unpaired) electrons. The van der Waals surface area contributed by atoms with Gasteiger partial charge >= 0.3 is 0 Å². The summed E-state index contributed by atoms with van der Waals surface area (Å²) in [5.74, 6) is -0.963. The lowest BCUT2D eigenvalue weighted by molar-refractivity contribution is -0.385. The van der Waals surface area contributed by atoms with Crippen molar-refractivity contribution in [2.75, 3.05) is 5.32 Å². The number of benzene rings is 3. The average Bonchev–Trinajstić information content (AvgIpc) is 2.62. The third-order valence-corrected chi connectivity index (χ3v) is 5.06. The summed E-state index contributed by atoms with van der Waals surface area (Å²) >= 11 is 0. The van der Waals surface area contributed by atoms with E-state index in [0.717, 1.165) is 6.07 Å². The molecule has 3 N–H and O–H groups in total. The molecule has 0 saturated carbocycles. The summed E-state index contributed by atoms with van der Waals surface area (Å²) in [4.78, 5) is 22.4. The van der Waals surface area contributed by atoms with Gasteiger partial charge in [0.15, 0.2) is 0 Å². The molecule has 0 spiro atoms. The van der Waals surface area contributed by atoms with Gasteiger partial charge in [-0.3, -0.25) is 19.5 Å². The SMILES string of the molecule is Cc1cc(C(=O)Nc2ccc(O)c3c(S(=O)(=O)O)cccc23)ccc1[N+](=O)[O-]. The number of fused-ring (bicyclic) bond motifs is 1. The second kappa shape index (κ2) is 6.91. The van der Waals surface area contributed by atoms with E-state index in [0.29, 0.717) is 5.56 Å². The summed E-state index contributed by atoms with van der Waals surface area (Å²) in [6.07, 6.45) is 0. The normalized spacial score (nSPS) is 11.4. The van der Waals surface area contributed by atoms with Crippen LogP contribution in [0.4, 0.5) is 11.4 Å². The summed E-state index contributed by atoms with van der Waals surface area (Å²) in [6.45, 7) is 1.50. The van der Waals surface area contributed by atoms with Gasteiger partial charge in [0, 0.05) is 33.7 Å². The van der Waals surface area contributed by atoms with Crippen molar-refractivity contribution < 1.29 is 27.8 Å². The first-order valence-corrected chi connectivity index (χ1v) is 9.32. The van der Waals surface area contributed by atoms with Crippen LogP contribution in [0.15, 0.2) is 53.4 Å². The van der Waals surface area contributed by atoms with Gasteiger partial charge in [-0.25, -0.2) is 0 Å². The fourth-order valence-corrected chi connectivity index (χ4v) is 3.60. The van der Waals surface area contributed by atoms with Crippen LogP contribution in [0.5, 0.6) is 5.75 Å². The number of rotatable bonds is 4. The van der Waals surface area contributed by atoms with E-state index in [1.54, 1.807) is 0 Å². The van der Waals surface area contributed by atoms with E-state index >= 15 is 0 Å². The molecule has 0 aliphatic rings. The maximum atomic E-state index is 12.5. The number of anilines is 1. The van der Waals surface area contributed by atoms with Crippen molar-refractivity contribution in [1.29, 1.82) is 0 Å². The maximum Gasteiger partial charge on any atom is 0.295 e. The van der Waals surface area contributed by atoms with Crippen molar-refractivity contribution in [3.8, 4) is 5.75 Å². The van der Waals surface area contributed by atoms with Gasteiger partial charge in [0.05, 0.1) is 4.92 Å². The Hall–Kier alpha value is -3.50. The van der Waals surface area contributed by atoms with E-state index < -0.39 is 25.8 Å². The van der Waals surface area contributed by atoms with Crippen molar-refractivity contribution in [2.24, 2.45) is 0 Å². The van der Waals surface area contributed by atoms with Crippen molar-refractivity contribution in [2.45, 2.75) is 11.8 Å². The van der Waals surface area contributed by atoms with Gasteiger partial charge in [-0.15, -0.1) is 0 Å². The van der Waals surface area contributed by atoms with Gasteiger partial charge in [0.1, 0.15) is 10.6 Å². The van der Waals surface area contributed by atoms with Crippen molar-refractivity contribution >= 4 is 38.2 Å². The topological polar surface area (TPSA) is 147 Å². The molecule has 3 aromatic rings. The molecular weight excluding hydrogens is 388 g/mol. The zero-order chi connectivity index (χ0) is 20.6. The number of carbonyl (C=O) groups excluding carboxylic acids is 1. The number of phenols is 1. The zero-order valence-corrected chi connectivity index (χ0v) is 15.2. The van der Waals surface area contributed by atoms with Crippen LogP contribution >= 0.6 is 0 Å². The first kappa shape index (κ1) is 19.3. The Kier molecular flexibility index (Phi) is 4.75. The molecule has 0 aliphatic heterocycles. The molecule has 28 heavy (non-hydrogen) atoms. The highest BCUT2D eigenvalue weighted by molar-refractivity contribution is 7.86. The van der Waals surface area contributed by atoms with Gasteiger partial charge < -0.3 is 10.4 Å². The van der Waals surface area contributed by atoms with Gasteiger partial charge in [-0.2, -0.15) is 8.42 Å². The molecule has 1 amide bonds. The van der Waals surface area contributed by atoms with Crippen LogP contribution < -0.4 is 5.32 Å². The summed E-state index contributed by atoms with van der Waals surface area (Å²) in [7, 11) is -4.60. The minimum Gasteiger partial charge on any atom is -0.507 e. The Morgan fingerprint density at radius 2 is 1.86 bits per heavy atom. The number of carbonyl (C=O) groups is 1. The average molecular weight is 402 g/mol. The smallest absolute Gasteiger partial charge is 0.295 e. The Balaban J connectivity index is 2.06. The number of nitrogens with zero attached hydrogens (tertiary/aromatic N) is 1. The highest BCUT2D eigenvalue weighted by Gasteiger charge is 2.20. The van der Waals surface area contributed by atoms with E-state index in [2.05, 4.69) is 5.32 Å². The second-order valence-electron chi connectivity index (χ2n) is 6.00. The summed E-state index contributed by atoms with van der Waals surface area (Å²) in [6, 6.07) is 10.4. The molecule has 10 heteroatoms. The van der Waals surface area contributed by atoms with Gasteiger partial charge in [0.25, 0.3) is 21.7 Å². The third-order valence-electron chi connectivity index (χ3n) is 4.16. The predicted molar refractivity (Wildman–Crippen MR) is 101 cm³/mol. The van der Waals surface area contributed by atoms with Crippen LogP contribution in [0.1, 0.15) is 15.9 Å². The number of nitrogens with one attached hydrogen (secondary N) is 1. The zero-order valence-electron chi connectivity index (χ0n) is 14.4. The molecular formula is C18H14N2O7S. The summed E-state index contributed by atoms with van der Waals surface area (Å²) < 4.78 is 32.5. The quantitative estimate of drug-likeness (QED) is 0.263. The van der Waals surface area contributed by atoms with Gasteiger partial charge in [-0.1, -0.05) is 12.1 Å². The van der Waals surface area contributed by atoms with Crippen LogP contribution in [0.25, 0.3) is 10.8 Å². The van der Waals surface area contributed by atoms with Crippen LogP contribution in [-0.2, 0) is 10.1 Å². The molecule has 0 aliphatic carbocycles. The van der Waals surface area contributed by atoms with Gasteiger partial charge in [0.2, 0.25) is 0 Å². The van der Waals surface area contributed by atoms with E-state index in [9.17, 15) is 33.0 Å². The number of hydrogen-bond donors (Lipinski definition) is 3. The molecule has 0 heterocycles. The standard InChI is InChI=1S/C18H14N2O7S/c1-10-9-11(5-7-14(10)20(23)24)18(22)19-13-6-8-15(21)17-12(13)3-2-4-16(17)28(25,26)27/h2-9,21H,1H3,(H,19,22)(H,25,26,27). The molecule has 0 aromatic heterocycles. The number of nitro benzene ring substituents is 1. The monoisotopic (exact) mass is 402 g/mol. The van der Waals surface area contributed by atoms with E-state index in [-0.39, 0.29) is 33.5 Å². The number of amides is 1. The van der Waals surface area contributed by atoms with Crippen molar-refractivity contribution in [3.05, 3.63) is 69.8 Å². The Morgan fingerprint density at radius 1 is 1.14 bits per heavy atom. The molecule has 144 valence electrons. The summed E-state index contributed by atoms with van der Waals surface area (Å²) in [5.41, 5.74) is 0.542. The van der Waals surface area contributed by atoms with E-state index in [1.165, 1.54) is 49.4 Å². The second-order valence-corrected chi connectivity index (χ2v) is 7.39. The van der Waals surface area contributed by atoms with Crippen molar-refractivity contribution in [3.63, 3.8) is 0 Å². The molecule has 3 rings (SSSR count). The largest absolute Gasteiger partial charge is 0.507 e. The number of aromatic hydroxyl groups is 1. The van der Waals surface area contributed by atoms with Crippen LogP contribution in [-0.4, -0.2) is 28.9 Å². The highest BCUT2D eigenvalue weighted by Crippen LogP contribution is 2.35. The Labute approximate surface area is 159 Å². The molecule has 0 atom stereocenters. The predicted octanol–water partition coefficient (Wildman–Crippen LogP) is 3.26. The first-order valence-electron chi connectivity index (χ1n) is 7.88.